The van der Waals surface area contributed by atoms with Crippen LogP contribution in [0.3, 0.4) is 0 Å². The summed E-state index contributed by atoms with van der Waals surface area (Å²) in [5.74, 6) is -0.0447. The van der Waals surface area contributed by atoms with Gasteiger partial charge in [-0.15, -0.1) is 0 Å². The maximum atomic E-state index is 12.5. The summed E-state index contributed by atoms with van der Waals surface area (Å²) >= 11 is 6.10. The van der Waals surface area contributed by atoms with Gasteiger partial charge >= 0.3 is 0 Å². The lowest BCUT2D eigenvalue weighted by Gasteiger charge is -2.26. The first-order valence-corrected chi connectivity index (χ1v) is 7.68. The Kier molecular flexibility index (Phi) is 3.98. The van der Waals surface area contributed by atoms with Crippen LogP contribution in [0.5, 0.6) is 0 Å². The summed E-state index contributed by atoms with van der Waals surface area (Å²) in [6.45, 7) is 1.88. The van der Waals surface area contributed by atoms with Gasteiger partial charge in [0.05, 0.1) is 6.04 Å². The van der Waals surface area contributed by atoms with Gasteiger partial charge in [0.25, 0.3) is 5.91 Å². The Morgan fingerprint density at radius 3 is 2.86 bits per heavy atom. The van der Waals surface area contributed by atoms with Gasteiger partial charge in [0.1, 0.15) is 0 Å². The van der Waals surface area contributed by atoms with E-state index in [2.05, 4.69) is 23.5 Å². The second-order valence-electron chi connectivity index (χ2n) is 5.53. The van der Waals surface area contributed by atoms with Gasteiger partial charge in [-0.25, -0.2) is 0 Å². The van der Waals surface area contributed by atoms with Gasteiger partial charge in [-0.05, 0) is 55.0 Å². The Hall–Kier alpha value is -1.80. The van der Waals surface area contributed by atoms with Crippen molar-refractivity contribution in [3.63, 3.8) is 0 Å². The Labute approximate surface area is 130 Å². The highest BCUT2D eigenvalue weighted by molar-refractivity contribution is 6.31. The van der Waals surface area contributed by atoms with Crippen molar-refractivity contribution in [2.45, 2.75) is 32.2 Å². The summed E-state index contributed by atoms with van der Waals surface area (Å²) in [6.07, 6.45) is 3.19. The third-order valence-corrected chi connectivity index (χ3v) is 4.60. The highest BCUT2D eigenvalue weighted by atomic mass is 35.5. The van der Waals surface area contributed by atoms with Gasteiger partial charge in [-0.3, -0.25) is 4.79 Å². The molecule has 0 radical (unpaired) electrons. The molecule has 3 rings (SSSR count). The van der Waals surface area contributed by atoms with Crippen LogP contribution in [-0.4, -0.2) is 5.91 Å². The van der Waals surface area contributed by atoms with E-state index in [4.69, 9.17) is 11.6 Å². The Morgan fingerprint density at radius 1 is 1.19 bits per heavy atom. The van der Waals surface area contributed by atoms with Crippen LogP contribution in [0, 0.1) is 6.92 Å². The topological polar surface area (TPSA) is 29.1 Å². The van der Waals surface area contributed by atoms with E-state index in [0.29, 0.717) is 10.6 Å². The molecule has 0 unspecified atom stereocenters. The average molecular weight is 300 g/mol. The summed E-state index contributed by atoms with van der Waals surface area (Å²) in [5, 5.41) is 3.79. The summed E-state index contributed by atoms with van der Waals surface area (Å²) in [7, 11) is 0. The molecule has 1 aliphatic carbocycles. The molecule has 0 heterocycles. The van der Waals surface area contributed by atoms with Gasteiger partial charge < -0.3 is 5.32 Å². The molecule has 0 fully saturated rings. The Bertz CT molecular complexity index is 681. The number of hydrogen-bond acceptors (Lipinski definition) is 1. The minimum Gasteiger partial charge on any atom is -0.345 e. The third-order valence-electron chi connectivity index (χ3n) is 4.19. The number of carbonyl (C=O) groups is 1. The fourth-order valence-electron chi connectivity index (χ4n) is 2.99. The Balaban J connectivity index is 1.85. The van der Waals surface area contributed by atoms with Crippen molar-refractivity contribution in [3.8, 4) is 0 Å². The lowest BCUT2D eigenvalue weighted by Crippen LogP contribution is -2.31. The van der Waals surface area contributed by atoms with Crippen LogP contribution < -0.4 is 5.32 Å². The first kappa shape index (κ1) is 14.2. The van der Waals surface area contributed by atoms with Crippen LogP contribution >= 0.6 is 11.6 Å². The molecule has 0 bridgehead atoms. The molecule has 0 aromatic heterocycles. The van der Waals surface area contributed by atoms with Crippen LogP contribution in [0.15, 0.2) is 42.5 Å². The van der Waals surface area contributed by atoms with Crippen molar-refractivity contribution in [3.05, 3.63) is 69.7 Å². The molecule has 1 amide bonds. The number of benzene rings is 2. The average Bonchev–Trinajstić information content (AvgIpc) is 2.50. The van der Waals surface area contributed by atoms with Crippen LogP contribution in [0.1, 0.15) is 45.9 Å². The monoisotopic (exact) mass is 299 g/mol. The summed E-state index contributed by atoms with van der Waals surface area (Å²) in [4.78, 5) is 12.5. The summed E-state index contributed by atoms with van der Waals surface area (Å²) in [6, 6.07) is 13.9. The maximum absolute atomic E-state index is 12.5. The second-order valence-corrected chi connectivity index (χ2v) is 5.94. The zero-order valence-corrected chi connectivity index (χ0v) is 12.8. The molecule has 108 valence electrons. The van der Waals surface area contributed by atoms with Crippen molar-refractivity contribution in [1.82, 2.24) is 5.32 Å². The zero-order valence-electron chi connectivity index (χ0n) is 12.0. The number of nitrogens with one attached hydrogen (secondary N) is 1. The molecule has 1 atom stereocenters. The summed E-state index contributed by atoms with van der Waals surface area (Å²) in [5.41, 5.74) is 4.08. The van der Waals surface area contributed by atoms with Gasteiger partial charge in [0.2, 0.25) is 0 Å². The molecule has 0 saturated carbocycles. The number of aryl methyl sites for hydroxylation is 1. The highest BCUT2D eigenvalue weighted by Crippen LogP contribution is 2.30. The SMILES string of the molecule is Cc1c(Cl)cccc1C(=O)N[C@H]1CCCc2ccccc21. The molecule has 0 spiro atoms. The lowest BCUT2D eigenvalue weighted by molar-refractivity contribution is 0.0932. The maximum Gasteiger partial charge on any atom is 0.252 e. The van der Waals surface area contributed by atoms with Gasteiger partial charge in [0, 0.05) is 10.6 Å². The number of rotatable bonds is 2. The van der Waals surface area contributed by atoms with Crippen molar-refractivity contribution in [1.29, 1.82) is 0 Å². The molecule has 1 aliphatic rings. The van der Waals surface area contributed by atoms with E-state index in [-0.39, 0.29) is 11.9 Å². The number of fused-ring (bicyclic) bond motifs is 1. The largest absolute Gasteiger partial charge is 0.345 e. The molecular formula is C18H18ClNO. The van der Waals surface area contributed by atoms with Crippen LogP contribution in [-0.2, 0) is 6.42 Å². The molecule has 1 N–H and O–H groups in total. The molecule has 0 saturated heterocycles. The molecule has 2 aromatic carbocycles. The van der Waals surface area contributed by atoms with Crippen LogP contribution in [0.4, 0.5) is 0 Å². The van der Waals surface area contributed by atoms with Crippen molar-refractivity contribution < 1.29 is 4.79 Å². The third kappa shape index (κ3) is 2.81. The standard InChI is InChI=1S/C18H18ClNO/c1-12-14(9-5-10-16(12)19)18(21)20-17-11-4-7-13-6-2-3-8-15(13)17/h2-3,5-6,8-10,17H,4,7,11H2,1H3,(H,20,21)/t17-/m0/s1. The fraction of sp³-hybridized carbons (Fsp3) is 0.278. The fourth-order valence-corrected chi connectivity index (χ4v) is 3.17. The summed E-state index contributed by atoms with van der Waals surface area (Å²) < 4.78 is 0. The number of carbonyl (C=O) groups excluding carboxylic acids is 1. The highest BCUT2D eigenvalue weighted by Gasteiger charge is 2.22. The van der Waals surface area contributed by atoms with Crippen molar-refractivity contribution in [2.24, 2.45) is 0 Å². The minimum atomic E-state index is -0.0447. The predicted octanol–water partition coefficient (Wildman–Crippen LogP) is 4.46. The van der Waals surface area contributed by atoms with Gasteiger partial charge in [0.15, 0.2) is 0 Å². The first-order chi connectivity index (χ1) is 10.2. The van der Waals surface area contributed by atoms with E-state index >= 15 is 0 Å². The van der Waals surface area contributed by atoms with E-state index < -0.39 is 0 Å². The number of halogens is 1. The normalized spacial score (nSPS) is 17.1. The van der Waals surface area contributed by atoms with Crippen LogP contribution in [0.2, 0.25) is 5.02 Å². The Morgan fingerprint density at radius 2 is 2.00 bits per heavy atom. The molecular weight excluding hydrogens is 282 g/mol. The quantitative estimate of drug-likeness (QED) is 0.872. The zero-order chi connectivity index (χ0) is 14.8. The lowest BCUT2D eigenvalue weighted by atomic mass is 9.87. The van der Waals surface area contributed by atoms with Gasteiger partial charge in [-0.2, -0.15) is 0 Å². The smallest absolute Gasteiger partial charge is 0.252 e. The van der Waals surface area contributed by atoms with E-state index in [9.17, 15) is 4.79 Å². The molecule has 2 aromatic rings. The minimum absolute atomic E-state index is 0.0447. The molecule has 2 nitrogen and oxygen atoms in total. The first-order valence-electron chi connectivity index (χ1n) is 7.30. The number of hydrogen-bond donors (Lipinski definition) is 1. The van der Waals surface area contributed by atoms with Crippen molar-refractivity contribution in [2.75, 3.05) is 0 Å². The van der Waals surface area contributed by atoms with E-state index in [1.54, 1.807) is 0 Å². The van der Waals surface area contributed by atoms with Crippen molar-refractivity contribution >= 4 is 17.5 Å². The second kappa shape index (κ2) is 5.90. The van der Waals surface area contributed by atoms with Gasteiger partial charge in [-0.1, -0.05) is 41.9 Å². The van der Waals surface area contributed by atoms with Crippen LogP contribution in [0.25, 0.3) is 0 Å². The van der Waals surface area contributed by atoms with E-state index in [1.165, 1.54) is 11.1 Å². The predicted molar refractivity (Wildman–Crippen MR) is 85.8 cm³/mol. The number of amides is 1. The molecule has 3 heteroatoms. The van der Waals surface area contributed by atoms with E-state index in [0.717, 1.165) is 24.8 Å². The van der Waals surface area contributed by atoms with E-state index in [1.807, 2.05) is 31.2 Å². The molecule has 0 aliphatic heterocycles. The molecule has 21 heavy (non-hydrogen) atoms.